The Hall–Kier alpha value is -0.730. The van der Waals surface area contributed by atoms with E-state index >= 15 is 0 Å². The van der Waals surface area contributed by atoms with E-state index in [0.717, 1.165) is 22.9 Å². The molecule has 1 N–H and O–H groups in total. The van der Waals surface area contributed by atoms with Gasteiger partial charge in [-0.15, -0.1) is 0 Å². The van der Waals surface area contributed by atoms with Crippen molar-refractivity contribution in [1.29, 1.82) is 0 Å². The summed E-state index contributed by atoms with van der Waals surface area (Å²) in [6, 6.07) is 6.20. The van der Waals surface area contributed by atoms with Crippen LogP contribution in [0.25, 0.3) is 0 Å². The van der Waals surface area contributed by atoms with E-state index in [4.69, 9.17) is 16.3 Å². The minimum atomic E-state index is 0.286. The van der Waals surface area contributed by atoms with Crippen molar-refractivity contribution in [3.8, 4) is 5.75 Å². The smallest absolute Gasteiger partial charge is 0.120 e. The van der Waals surface area contributed by atoms with Gasteiger partial charge < -0.3 is 10.1 Å². The zero-order valence-electron chi connectivity index (χ0n) is 12.0. The normalized spacial score (nSPS) is 14.6. The maximum absolute atomic E-state index is 6.37. The molecule has 0 fully saturated rings. The van der Waals surface area contributed by atoms with E-state index in [-0.39, 0.29) is 6.04 Å². The number of nitrogens with one attached hydrogen (secondary N) is 1. The highest BCUT2D eigenvalue weighted by Crippen LogP contribution is 2.34. The Morgan fingerprint density at radius 1 is 1.28 bits per heavy atom. The summed E-state index contributed by atoms with van der Waals surface area (Å²) in [7, 11) is 1.66. The second-order valence-electron chi connectivity index (χ2n) is 5.03. The van der Waals surface area contributed by atoms with Gasteiger partial charge in [0.2, 0.25) is 0 Å². The fourth-order valence-electron chi connectivity index (χ4n) is 2.07. The van der Waals surface area contributed by atoms with E-state index in [0.29, 0.717) is 11.8 Å². The Morgan fingerprint density at radius 3 is 2.39 bits per heavy atom. The molecule has 1 aromatic carbocycles. The van der Waals surface area contributed by atoms with Crippen molar-refractivity contribution in [2.75, 3.05) is 13.7 Å². The van der Waals surface area contributed by atoms with Gasteiger partial charge in [-0.1, -0.05) is 45.4 Å². The number of rotatable bonds is 6. The Bertz CT molecular complexity index is 379. The van der Waals surface area contributed by atoms with Crippen LogP contribution in [0.3, 0.4) is 0 Å². The van der Waals surface area contributed by atoms with Crippen LogP contribution in [0.2, 0.25) is 5.02 Å². The number of hydrogen-bond donors (Lipinski definition) is 1. The second kappa shape index (κ2) is 7.01. The highest BCUT2D eigenvalue weighted by molar-refractivity contribution is 6.31. The fourth-order valence-corrected chi connectivity index (χ4v) is 2.36. The van der Waals surface area contributed by atoms with Crippen molar-refractivity contribution in [3.05, 3.63) is 28.8 Å². The van der Waals surface area contributed by atoms with Crippen LogP contribution >= 0.6 is 11.6 Å². The predicted octanol–water partition coefficient (Wildman–Crippen LogP) is 4.29. The molecule has 0 aliphatic heterocycles. The number of halogens is 1. The molecule has 0 aromatic heterocycles. The van der Waals surface area contributed by atoms with Crippen LogP contribution in [0, 0.1) is 11.8 Å². The van der Waals surface area contributed by atoms with Crippen LogP contribution in [0.4, 0.5) is 0 Å². The van der Waals surface area contributed by atoms with Gasteiger partial charge in [0.1, 0.15) is 5.75 Å². The van der Waals surface area contributed by atoms with Crippen LogP contribution in [0.5, 0.6) is 5.75 Å². The first-order chi connectivity index (χ1) is 8.51. The van der Waals surface area contributed by atoms with Gasteiger partial charge >= 0.3 is 0 Å². The molecule has 2 nitrogen and oxygen atoms in total. The summed E-state index contributed by atoms with van der Waals surface area (Å²) >= 11 is 6.37. The van der Waals surface area contributed by atoms with Gasteiger partial charge in [0.15, 0.2) is 0 Å². The molecule has 0 aliphatic carbocycles. The molecular weight excluding hydrogens is 246 g/mol. The van der Waals surface area contributed by atoms with Crippen molar-refractivity contribution in [1.82, 2.24) is 5.32 Å². The minimum absolute atomic E-state index is 0.286. The zero-order valence-corrected chi connectivity index (χ0v) is 12.7. The van der Waals surface area contributed by atoms with E-state index in [1.54, 1.807) is 7.11 Å². The first-order valence-corrected chi connectivity index (χ1v) is 6.95. The number of hydrogen-bond acceptors (Lipinski definition) is 2. The molecule has 0 aliphatic rings. The Kier molecular flexibility index (Phi) is 5.97. The Labute approximate surface area is 116 Å². The summed E-state index contributed by atoms with van der Waals surface area (Å²) in [5, 5.41) is 4.30. The third kappa shape index (κ3) is 3.63. The van der Waals surface area contributed by atoms with Gasteiger partial charge in [-0.25, -0.2) is 0 Å². The van der Waals surface area contributed by atoms with E-state index in [2.05, 4.69) is 39.1 Å². The lowest BCUT2D eigenvalue weighted by atomic mass is 9.86. The van der Waals surface area contributed by atoms with Crippen LogP contribution < -0.4 is 10.1 Å². The maximum Gasteiger partial charge on any atom is 0.120 e. The third-order valence-corrected chi connectivity index (χ3v) is 3.87. The SMILES string of the molecule is CCNC(c1ccc(OC)cc1Cl)C(C)C(C)C. The lowest BCUT2D eigenvalue weighted by Crippen LogP contribution is -2.29. The maximum atomic E-state index is 6.37. The Morgan fingerprint density at radius 2 is 1.94 bits per heavy atom. The number of benzene rings is 1. The second-order valence-corrected chi connectivity index (χ2v) is 5.43. The molecule has 0 saturated carbocycles. The molecule has 2 unspecified atom stereocenters. The summed E-state index contributed by atoms with van der Waals surface area (Å²) in [5.74, 6) is 1.93. The molecule has 0 saturated heterocycles. The molecule has 1 aromatic rings. The lowest BCUT2D eigenvalue weighted by molar-refractivity contribution is 0.307. The summed E-state index contributed by atoms with van der Waals surface area (Å²) in [6.45, 7) is 9.80. The van der Waals surface area contributed by atoms with E-state index in [1.807, 2.05) is 12.1 Å². The van der Waals surface area contributed by atoms with Crippen LogP contribution in [-0.2, 0) is 0 Å². The van der Waals surface area contributed by atoms with Crippen LogP contribution in [-0.4, -0.2) is 13.7 Å². The van der Waals surface area contributed by atoms with E-state index < -0.39 is 0 Å². The molecular formula is C15H24ClNO. The number of methoxy groups -OCH3 is 1. The van der Waals surface area contributed by atoms with Crippen molar-refractivity contribution < 1.29 is 4.74 Å². The molecule has 1 rings (SSSR count). The van der Waals surface area contributed by atoms with Crippen molar-refractivity contribution in [2.24, 2.45) is 11.8 Å². The van der Waals surface area contributed by atoms with E-state index in [1.165, 1.54) is 0 Å². The molecule has 0 spiro atoms. The van der Waals surface area contributed by atoms with Gasteiger partial charge in [-0.2, -0.15) is 0 Å². The first-order valence-electron chi connectivity index (χ1n) is 6.58. The first kappa shape index (κ1) is 15.3. The van der Waals surface area contributed by atoms with Gasteiger partial charge in [0.05, 0.1) is 7.11 Å². The van der Waals surface area contributed by atoms with Gasteiger partial charge in [-0.05, 0) is 36.1 Å². The summed E-state index contributed by atoms with van der Waals surface area (Å²) in [5.41, 5.74) is 1.15. The summed E-state index contributed by atoms with van der Waals surface area (Å²) in [6.07, 6.45) is 0. The standard InChI is InChI=1S/C15H24ClNO/c1-6-17-15(11(4)10(2)3)13-8-7-12(18-5)9-14(13)16/h7-11,15,17H,6H2,1-5H3. The summed E-state index contributed by atoms with van der Waals surface area (Å²) < 4.78 is 5.19. The van der Waals surface area contributed by atoms with Gasteiger partial charge in [0, 0.05) is 11.1 Å². The quantitative estimate of drug-likeness (QED) is 0.832. The molecule has 0 amide bonds. The molecule has 2 atom stereocenters. The molecule has 18 heavy (non-hydrogen) atoms. The zero-order chi connectivity index (χ0) is 13.7. The monoisotopic (exact) mass is 269 g/mol. The Balaban J connectivity index is 3.05. The lowest BCUT2D eigenvalue weighted by Gasteiger charge is -2.29. The molecule has 0 radical (unpaired) electrons. The molecule has 3 heteroatoms. The van der Waals surface area contributed by atoms with E-state index in [9.17, 15) is 0 Å². The molecule has 0 bridgehead atoms. The highest BCUT2D eigenvalue weighted by Gasteiger charge is 2.23. The van der Waals surface area contributed by atoms with Gasteiger partial charge in [0.25, 0.3) is 0 Å². The fraction of sp³-hybridized carbons (Fsp3) is 0.600. The van der Waals surface area contributed by atoms with Crippen molar-refractivity contribution in [3.63, 3.8) is 0 Å². The average molecular weight is 270 g/mol. The topological polar surface area (TPSA) is 21.3 Å². The average Bonchev–Trinajstić information content (AvgIpc) is 2.35. The molecule has 0 heterocycles. The molecule has 102 valence electrons. The van der Waals surface area contributed by atoms with Gasteiger partial charge in [-0.3, -0.25) is 0 Å². The largest absolute Gasteiger partial charge is 0.497 e. The minimum Gasteiger partial charge on any atom is -0.497 e. The van der Waals surface area contributed by atoms with Crippen molar-refractivity contribution in [2.45, 2.75) is 33.7 Å². The summed E-state index contributed by atoms with van der Waals surface area (Å²) in [4.78, 5) is 0. The van der Waals surface area contributed by atoms with Crippen LogP contribution in [0.1, 0.15) is 39.3 Å². The highest BCUT2D eigenvalue weighted by atomic mass is 35.5. The third-order valence-electron chi connectivity index (χ3n) is 3.54. The van der Waals surface area contributed by atoms with Crippen molar-refractivity contribution >= 4 is 11.6 Å². The van der Waals surface area contributed by atoms with Crippen LogP contribution in [0.15, 0.2) is 18.2 Å². The number of ether oxygens (including phenoxy) is 1. The predicted molar refractivity (Wildman–Crippen MR) is 78.4 cm³/mol.